The molecule has 2 fully saturated rings. The molecule has 0 aromatic carbocycles. The molecule has 2 heterocycles. The lowest BCUT2D eigenvalue weighted by Crippen LogP contribution is -2.46. The Bertz CT molecular complexity index is 735. The van der Waals surface area contributed by atoms with Gasteiger partial charge in [-0.25, -0.2) is 4.98 Å². The third-order valence-electron chi connectivity index (χ3n) is 4.91. The number of nitrogens with zero attached hydrogens (tertiary/aromatic N) is 3. The van der Waals surface area contributed by atoms with E-state index in [1.54, 1.807) is 6.20 Å². The van der Waals surface area contributed by atoms with Crippen LogP contribution in [0.3, 0.4) is 0 Å². The van der Waals surface area contributed by atoms with Gasteiger partial charge in [0.15, 0.2) is 5.82 Å². The van der Waals surface area contributed by atoms with E-state index in [-0.39, 0.29) is 17.9 Å². The molecule has 0 bridgehead atoms. The minimum atomic E-state index is -0.0583. The fourth-order valence-corrected chi connectivity index (χ4v) is 2.92. The largest absolute Gasteiger partial charge is 0.363 e. The van der Waals surface area contributed by atoms with E-state index in [0.29, 0.717) is 17.6 Å². The number of nitrogens with one attached hydrogen (secondary N) is 3. The van der Waals surface area contributed by atoms with Crippen LogP contribution in [0.15, 0.2) is 17.4 Å². The first-order chi connectivity index (χ1) is 11.6. The molecule has 7 nitrogen and oxygen atoms in total. The van der Waals surface area contributed by atoms with E-state index in [0.717, 1.165) is 42.6 Å². The topological polar surface area (TPSA) is 93.5 Å². The van der Waals surface area contributed by atoms with Crippen LogP contribution in [-0.4, -0.2) is 41.4 Å². The second-order valence-electron chi connectivity index (χ2n) is 6.88. The fraction of sp³-hybridized carbons (Fsp3) is 0.529. The highest BCUT2D eigenvalue weighted by Gasteiger charge is 2.35. The average molecular weight is 326 g/mol. The number of rotatable bonds is 4. The van der Waals surface area contributed by atoms with Crippen molar-refractivity contribution in [2.75, 3.05) is 17.3 Å². The zero-order valence-corrected chi connectivity index (χ0v) is 14.0. The van der Waals surface area contributed by atoms with Crippen LogP contribution in [0.5, 0.6) is 0 Å². The lowest BCUT2D eigenvalue weighted by molar-refractivity contribution is -0.117. The monoisotopic (exact) mass is 326 g/mol. The fourth-order valence-electron chi connectivity index (χ4n) is 2.92. The summed E-state index contributed by atoms with van der Waals surface area (Å²) in [5.41, 5.74) is 5.82. The first-order valence-corrected chi connectivity index (χ1v) is 8.51. The summed E-state index contributed by atoms with van der Waals surface area (Å²) in [7, 11) is 1.96. The van der Waals surface area contributed by atoms with Gasteiger partial charge in [0.2, 0.25) is 5.91 Å². The summed E-state index contributed by atoms with van der Waals surface area (Å²) >= 11 is 0. The maximum atomic E-state index is 12.1. The van der Waals surface area contributed by atoms with Crippen LogP contribution in [0.2, 0.25) is 0 Å². The van der Waals surface area contributed by atoms with Crippen molar-refractivity contribution in [3.8, 4) is 0 Å². The molecular weight excluding hydrogens is 304 g/mol. The standard InChI is InChI=1S/C17H22N6O/c1-9-14(22-21-11-5-6-11)13(18)12-7-8-19-16(15(12)23(9)2)20-17(24)10-3-4-10/h7-11,18,21H,3-6H2,1-2H3,(H,19,20,24)/b18-13?,22-14-. The van der Waals surface area contributed by atoms with E-state index in [9.17, 15) is 4.79 Å². The van der Waals surface area contributed by atoms with Gasteiger partial charge in [0.05, 0.1) is 17.4 Å². The van der Waals surface area contributed by atoms with Crippen molar-refractivity contribution < 1.29 is 4.79 Å². The van der Waals surface area contributed by atoms with Crippen LogP contribution < -0.4 is 15.6 Å². The SMILES string of the molecule is CC1/C(=N/NC2CC2)C(=N)c2ccnc(NC(=O)C3CC3)c2N1C. The lowest BCUT2D eigenvalue weighted by Gasteiger charge is -2.36. The number of hydrogen-bond donors (Lipinski definition) is 3. The third-order valence-corrected chi connectivity index (χ3v) is 4.91. The Morgan fingerprint density at radius 3 is 2.79 bits per heavy atom. The molecule has 1 aliphatic heterocycles. The van der Waals surface area contributed by atoms with Crippen molar-refractivity contribution in [2.24, 2.45) is 11.0 Å². The molecule has 126 valence electrons. The molecule has 1 atom stereocenters. The Hall–Kier alpha value is -2.44. The van der Waals surface area contributed by atoms with Gasteiger partial charge in [-0.05, 0) is 38.7 Å². The van der Waals surface area contributed by atoms with Gasteiger partial charge in [-0.15, -0.1) is 0 Å². The number of hydrazone groups is 1. The molecule has 1 amide bonds. The predicted octanol–water partition coefficient (Wildman–Crippen LogP) is 1.74. The smallest absolute Gasteiger partial charge is 0.228 e. The number of hydrogen-bond acceptors (Lipinski definition) is 6. The lowest BCUT2D eigenvalue weighted by atomic mass is 9.94. The van der Waals surface area contributed by atoms with Gasteiger partial charge < -0.3 is 15.6 Å². The van der Waals surface area contributed by atoms with Gasteiger partial charge in [0.1, 0.15) is 5.71 Å². The molecule has 2 aliphatic carbocycles. The quantitative estimate of drug-likeness (QED) is 0.735. The Morgan fingerprint density at radius 2 is 2.12 bits per heavy atom. The normalized spacial score (nSPS) is 24.8. The molecule has 1 unspecified atom stereocenters. The Morgan fingerprint density at radius 1 is 1.38 bits per heavy atom. The highest BCUT2D eigenvalue weighted by atomic mass is 16.2. The van der Waals surface area contributed by atoms with Crippen molar-refractivity contribution >= 4 is 28.8 Å². The number of anilines is 2. The summed E-state index contributed by atoms with van der Waals surface area (Å²) in [4.78, 5) is 18.5. The molecule has 3 N–H and O–H groups in total. The van der Waals surface area contributed by atoms with Crippen molar-refractivity contribution in [3.05, 3.63) is 17.8 Å². The van der Waals surface area contributed by atoms with Crippen LogP contribution in [0, 0.1) is 11.3 Å². The van der Waals surface area contributed by atoms with Crippen LogP contribution >= 0.6 is 0 Å². The predicted molar refractivity (Wildman–Crippen MR) is 93.9 cm³/mol. The van der Waals surface area contributed by atoms with Crippen LogP contribution in [0.1, 0.15) is 38.2 Å². The van der Waals surface area contributed by atoms with Crippen LogP contribution in [0.4, 0.5) is 11.5 Å². The third kappa shape index (κ3) is 2.64. The van der Waals surface area contributed by atoms with E-state index in [4.69, 9.17) is 5.41 Å². The van der Waals surface area contributed by atoms with Gasteiger partial charge in [-0.1, -0.05) is 0 Å². The number of fused-ring (bicyclic) bond motifs is 1. The Labute approximate surface area is 141 Å². The molecule has 4 rings (SSSR count). The van der Waals surface area contributed by atoms with E-state index >= 15 is 0 Å². The molecule has 0 saturated heterocycles. The van der Waals surface area contributed by atoms with Crippen molar-refractivity contribution in [2.45, 2.75) is 44.7 Å². The van der Waals surface area contributed by atoms with Gasteiger partial charge in [-0.3, -0.25) is 10.2 Å². The van der Waals surface area contributed by atoms with E-state index in [1.165, 1.54) is 0 Å². The number of carbonyl (C=O) groups excluding carboxylic acids is 1. The summed E-state index contributed by atoms with van der Waals surface area (Å²) in [5.74, 6) is 0.685. The molecular formula is C17H22N6O. The Balaban J connectivity index is 1.67. The molecule has 24 heavy (non-hydrogen) atoms. The summed E-state index contributed by atoms with van der Waals surface area (Å²) in [6, 6.07) is 2.21. The maximum absolute atomic E-state index is 12.1. The minimum absolute atomic E-state index is 0.0262. The van der Waals surface area contributed by atoms with Gasteiger partial charge in [0, 0.05) is 30.8 Å². The zero-order valence-electron chi connectivity index (χ0n) is 14.0. The second-order valence-corrected chi connectivity index (χ2v) is 6.88. The van der Waals surface area contributed by atoms with Crippen LogP contribution in [0.25, 0.3) is 0 Å². The van der Waals surface area contributed by atoms with Crippen LogP contribution in [-0.2, 0) is 4.79 Å². The summed E-state index contributed by atoms with van der Waals surface area (Å²) in [6.45, 7) is 2.02. The van der Waals surface area contributed by atoms with E-state index < -0.39 is 0 Å². The zero-order chi connectivity index (χ0) is 16.8. The molecule has 0 radical (unpaired) electrons. The maximum Gasteiger partial charge on any atom is 0.228 e. The second kappa shape index (κ2) is 5.58. The molecule has 1 aromatic heterocycles. The van der Waals surface area contributed by atoms with Gasteiger partial charge in [-0.2, -0.15) is 5.10 Å². The first kappa shape index (κ1) is 15.1. The molecule has 7 heteroatoms. The molecule has 0 spiro atoms. The van der Waals surface area contributed by atoms with Crippen molar-refractivity contribution in [1.29, 1.82) is 5.41 Å². The number of aromatic nitrogens is 1. The number of pyridine rings is 1. The molecule has 1 aromatic rings. The van der Waals surface area contributed by atoms with Gasteiger partial charge in [0.25, 0.3) is 0 Å². The highest BCUT2D eigenvalue weighted by Crippen LogP contribution is 2.36. The minimum Gasteiger partial charge on any atom is -0.363 e. The Kier molecular flexibility index (Phi) is 3.51. The van der Waals surface area contributed by atoms with Crippen molar-refractivity contribution in [1.82, 2.24) is 10.4 Å². The molecule has 2 saturated carbocycles. The van der Waals surface area contributed by atoms with Crippen molar-refractivity contribution in [3.63, 3.8) is 0 Å². The van der Waals surface area contributed by atoms with E-state index in [2.05, 4.69) is 20.8 Å². The number of carbonyl (C=O) groups is 1. The summed E-state index contributed by atoms with van der Waals surface area (Å²) < 4.78 is 0. The first-order valence-electron chi connectivity index (χ1n) is 8.51. The summed E-state index contributed by atoms with van der Waals surface area (Å²) in [6.07, 6.45) is 5.84. The summed E-state index contributed by atoms with van der Waals surface area (Å²) in [5, 5.41) is 16.0. The highest BCUT2D eigenvalue weighted by molar-refractivity contribution is 6.51. The number of amides is 1. The van der Waals surface area contributed by atoms with E-state index in [1.807, 2.05) is 24.9 Å². The van der Waals surface area contributed by atoms with Gasteiger partial charge >= 0.3 is 0 Å². The molecule has 3 aliphatic rings. The average Bonchev–Trinajstić information content (AvgIpc) is 3.46.